The second-order valence-electron chi connectivity index (χ2n) is 7.36. The summed E-state index contributed by atoms with van der Waals surface area (Å²) >= 11 is 0. The van der Waals surface area contributed by atoms with Gasteiger partial charge < -0.3 is 20.6 Å². The van der Waals surface area contributed by atoms with Gasteiger partial charge in [0.05, 0.1) is 6.10 Å². The van der Waals surface area contributed by atoms with Crippen LogP contribution in [-0.2, 0) is 6.42 Å². The Morgan fingerprint density at radius 2 is 2.00 bits per heavy atom. The number of pyridine rings is 1. The highest BCUT2D eigenvalue weighted by atomic mass is 16.3. The Kier molecular flexibility index (Phi) is 8.15. The van der Waals surface area contributed by atoms with E-state index in [1.807, 2.05) is 12.4 Å². The van der Waals surface area contributed by atoms with E-state index in [4.69, 9.17) is 0 Å². The summed E-state index contributed by atoms with van der Waals surface area (Å²) in [4.78, 5) is 18.4. The number of nitrogens with zero attached hydrogens (tertiary/aromatic N) is 2. The molecule has 3 N–H and O–H groups in total. The molecule has 140 valence electrons. The van der Waals surface area contributed by atoms with E-state index in [2.05, 4.69) is 46.5 Å². The molecule has 1 saturated heterocycles. The van der Waals surface area contributed by atoms with Crippen molar-refractivity contribution in [3.05, 3.63) is 30.1 Å². The third-order valence-corrected chi connectivity index (χ3v) is 4.63. The molecule has 1 unspecified atom stereocenters. The van der Waals surface area contributed by atoms with Crippen LogP contribution in [0.4, 0.5) is 4.79 Å². The van der Waals surface area contributed by atoms with Crippen LogP contribution in [0.15, 0.2) is 24.5 Å². The van der Waals surface area contributed by atoms with Crippen molar-refractivity contribution in [3.8, 4) is 0 Å². The molecule has 0 radical (unpaired) electrons. The molecule has 2 rings (SSSR count). The average Bonchev–Trinajstić information content (AvgIpc) is 2.60. The van der Waals surface area contributed by atoms with E-state index in [0.29, 0.717) is 18.9 Å². The molecule has 2 heterocycles. The van der Waals surface area contributed by atoms with Crippen LogP contribution in [0.25, 0.3) is 0 Å². The fraction of sp³-hybridized carbons (Fsp3) is 0.684. The van der Waals surface area contributed by atoms with Gasteiger partial charge in [-0.3, -0.25) is 4.98 Å². The van der Waals surface area contributed by atoms with Gasteiger partial charge in [-0.05, 0) is 49.3 Å². The average molecular weight is 348 g/mol. The zero-order chi connectivity index (χ0) is 18.1. The van der Waals surface area contributed by atoms with E-state index in [0.717, 1.165) is 38.9 Å². The molecule has 1 fully saturated rings. The van der Waals surface area contributed by atoms with E-state index in [1.54, 1.807) is 0 Å². The molecule has 0 aliphatic carbocycles. The molecule has 1 aliphatic rings. The Morgan fingerprint density at radius 1 is 1.32 bits per heavy atom. The molecule has 1 atom stereocenters. The van der Waals surface area contributed by atoms with Crippen LogP contribution in [-0.4, -0.2) is 59.3 Å². The number of aliphatic hydroxyl groups excluding tert-OH is 1. The summed E-state index contributed by atoms with van der Waals surface area (Å²) in [6, 6.07) is 4.18. The van der Waals surface area contributed by atoms with Gasteiger partial charge >= 0.3 is 6.03 Å². The zero-order valence-electron chi connectivity index (χ0n) is 15.4. The van der Waals surface area contributed by atoms with Gasteiger partial charge in [0.15, 0.2) is 0 Å². The summed E-state index contributed by atoms with van der Waals surface area (Å²) in [5, 5.41) is 15.6. The number of carbonyl (C=O) groups excluding carboxylic acids is 1. The predicted octanol–water partition coefficient (Wildman–Crippen LogP) is 1.79. The van der Waals surface area contributed by atoms with Gasteiger partial charge in [-0.15, -0.1) is 0 Å². The van der Waals surface area contributed by atoms with Gasteiger partial charge in [-0.1, -0.05) is 13.8 Å². The Labute approximate surface area is 151 Å². The van der Waals surface area contributed by atoms with Crippen LogP contribution in [0.5, 0.6) is 0 Å². The van der Waals surface area contributed by atoms with Crippen molar-refractivity contribution in [3.63, 3.8) is 0 Å². The maximum Gasteiger partial charge on any atom is 0.315 e. The Bertz CT molecular complexity index is 501. The number of aliphatic hydroxyl groups is 1. The van der Waals surface area contributed by atoms with Crippen molar-refractivity contribution in [2.45, 2.75) is 51.7 Å². The summed E-state index contributed by atoms with van der Waals surface area (Å²) < 4.78 is 0. The summed E-state index contributed by atoms with van der Waals surface area (Å²) in [5.41, 5.74) is 1.31. The standard InChI is InChI=1S/C19H32N4O2/c1-15(2)13-18(24)14-21-19(25)22-17-6-11-23(12-7-17)10-5-16-3-8-20-9-4-16/h3-4,8-9,15,17-18,24H,5-7,10-14H2,1-2H3,(H2,21,22,25). The van der Waals surface area contributed by atoms with Gasteiger partial charge in [-0.25, -0.2) is 4.79 Å². The third-order valence-electron chi connectivity index (χ3n) is 4.63. The lowest BCUT2D eigenvalue weighted by atomic mass is 10.0. The van der Waals surface area contributed by atoms with Crippen molar-refractivity contribution in [2.24, 2.45) is 5.92 Å². The van der Waals surface area contributed by atoms with Crippen LogP contribution in [0.1, 0.15) is 38.7 Å². The van der Waals surface area contributed by atoms with E-state index in [1.165, 1.54) is 5.56 Å². The quantitative estimate of drug-likeness (QED) is 0.669. The molecule has 1 aliphatic heterocycles. The molecule has 0 saturated carbocycles. The van der Waals surface area contributed by atoms with Gasteiger partial charge in [0.1, 0.15) is 0 Å². The largest absolute Gasteiger partial charge is 0.391 e. The number of carbonyl (C=O) groups is 1. The maximum atomic E-state index is 11.9. The van der Waals surface area contributed by atoms with Gasteiger partial charge in [0.25, 0.3) is 0 Å². The topological polar surface area (TPSA) is 77.5 Å². The van der Waals surface area contributed by atoms with Crippen molar-refractivity contribution in [2.75, 3.05) is 26.2 Å². The lowest BCUT2D eigenvalue weighted by Gasteiger charge is -2.32. The van der Waals surface area contributed by atoms with Crippen molar-refractivity contribution in [1.82, 2.24) is 20.5 Å². The maximum absolute atomic E-state index is 11.9. The fourth-order valence-electron chi connectivity index (χ4n) is 3.21. The molecule has 25 heavy (non-hydrogen) atoms. The van der Waals surface area contributed by atoms with Crippen LogP contribution in [0.3, 0.4) is 0 Å². The van der Waals surface area contributed by atoms with Crippen LogP contribution in [0.2, 0.25) is 0 Å². The summed E-state index contributed by atoms with van der Waals surface area (Å²) in [6.07, 6.45) is 6.88. The number of hydrogen-bond acceptors (Lipinski definition) is 4. The number of hydrogen-bond donors (Lipinski definition) is 3. The fourth-order valence-corrected chi connectivity index (χ4v) is 3.21. The predicted molar refractivity (Wildman–Crippen MR) is 99.4 cm³/mol. The van der Waals surface area contributed by atoms with Crippen molar-refractivity contribution in [1.29, 1.82) is 0 Å². The molecule has 6 heteroatoms. The first-order valence-electron chi connectivity index (χ1n) is 9.36. The Balaban J connectivity index is 1.59. The molecule has 2 amide bonds. The van der Waals surface area contributed by atoms with Crippen molar-refractivity contribution >= 4 is 6.03 Å². The molecular formula is C19H32N4O2. The number of amides is 2. The van der Waals surface area contributed by atoms with E-state index in [9.17, 15) is 9.90 Å². The number of nitrogens with one attached hydrogen (secondary N) is 2. The van der Waals surface area contributed by atoms with Gasteiger partial charge in [0, 0.05) is 44.6 Å². The molecule has 0 bridgehead atoms. The lowest BCUT2D eigenvalue weighted by Crippen LogP contribution is -2.49. The second-order valence-corrected chi connectivity index (χ2v) is 7.36. The minimum atomic E-state index is -0.471. The second kappa shape index (κ2) is 10.4. The van der Waals surface area contributed by atoms with Gasteiger partial charge in [-0.2, -0.15) is 0 Å². The van der Waals surface area contributed by atoms with E-state index in [-0.39, 0.29) is 12.1 Å². The minimum absolute atomic E-state index is 0.168. The molecular weight excluding hydrogens is 316 g/mol. The first kappa shape index (κ1) is 19.7. The number of likely N-dealkylation sites (tertiary alicyclic amines) is 1. The number of rotatable bonds is 8. The molecule has 1 aromatic rings. The van der Waals surface area contributed by atoms with Crippen LogP contribution >= 0.6 is 0 Å². The highest BCUT2D eigenvalue weighted by Crippen LogP contribution is 2.11. The monoisotopic (exact) mass is 348 g/mol. The minimum Gasteiger partial charge on any atom is -0.391 e. The third kappa shape index (κ3) is 7.84. The van der Waals surface area contributed by atoms with Crippen LogP contribution < -0.4 is 10.6 Å². The number of piperidine rings is 1. The Morgan fingerprint density at radius 3 is 2.64 bits per heavy atom. The summed E-state index contributed by atoms with van der Waals surface area (Å²) in [6.45, 7) is 7.49. The van der Waals surface area contributed by atoms with E-state index < -0.39 is 6.10 Å². The summed E-state index contributed by atoms with van der Waals surface area (Å²) in [7, 11) is 0. The Hall–Kier alpha value is -1.66. The molecule has 0 spiro atoms. The highest BCUT2D eigenvalue weighted by molar-refractivity contribution is 5.74. The molecule has 1 aromatic heterocycles. The molecule has 6 nitrogen and oxygen atoms in total. The normalized spacial score (nSPS) is 17.4. The smallest absolute Gasteiger partial charge is 0.315 e. The summed E-state index contributed by atoms with van der Waals surface area (Å²) in [5.74, 6) is 0.427. The first-order chi connectivity index (χ1) is 12.0. The van der Waals surface area contributed by atoms with Gasteiger partial charge in [0.2, 0.25) is 0 Å². The zero-order valence-corrected chi connectivity index (χ0v) is 15.4. The number of aromatic nitrogens is 1. The highest BCUT2D eigenvalue weighted by Gasteiger charge is 2.20. The first-order valence-corrected chi connectivity index (χ1v) is 9.36. The van der Waals surface area contributed by atoms with Crippen LogP contribution in [0, 0.1) is 5.92 Å². The van der Waals surface area contributed by atoms with Crippen molar-refractivity contribution < 1.29 is 9.90 Å². The molecule has 0 aromatic carbocycles. The van der Waals surface area contributed by atoms with E-state index >= 15 is 0 Å². The number of urea groups is 1. The SMILES string of the molecule is CC(C)CC(O)CNC(=O)NC1CCN(CCc2ccncc2)CC1. The lowest BCUT2D eigenvalue weighted by molar-refractivity contribution is 0.145.